The summed E-state index contributed by atoms with van der Waals surface area (Å²) in [5.74, 6) is -2.75. The summed E-state index contributed by atoms with van der Waals surface area (Å²) in [6.45, 7) is 0.611. The molecule has 2 aromatic rings. The average Bonchev–Trinajstić information content (AvgIpc) is 3.34. The third-order valence-corrected chi connectivity index (χ3v) is 5.61. The molecule has 0 spiro atoms. The summed E-state index contributed by atoms with van der Waals surface area (Å²) in [5, 5.41) is 29.4. The van der Waals surface area contributed by atoms with E-state index in [1.54, 1.807) is 12.1 Å². The van der Waals surface area contributed by atoms with E-state index < -0.39 is 23.8 Å². The van der Waals surface area contributed by atoms with Crippen molar-refractivity contribution in [2.45, 2.75) is 31.5 Å². The number of nitrogens with one attached hydrogen (secondary N) is 4. The van der Waals surface area contributed by atoms with Gasteiger partial charge in [0.1, 0.15) is 11.8 Å². The quantitative estimate of drug-likeness (QED) is 0.307. The minimum atomic E-state index is -1.36. The highest BCUT2D eigenvalue weighted by Gasteiger charge is 2.26. The van der Waals surface area contributed by atoms with E-state index in [2.05, 4.69) is 21.3 Å². The van der Waals surface area contributed by atoms with Crippen LogP contribution in [-0.2, 0) is 16.1 Å². The molecule has 1 heterocycles. The number of phenolic OH excluding ortho intramolecular Hbond substituents is 1. The first-order chi connectivity index (χ1) is 16.2. The van der Waals surface area contributed by atoms with E-state index in [0.29, 0.717) is 12.0 Å². The van der Waals surface area contributed by atoms with Crippen LogP contribution in [0.4, 0.5) is 0 Å². The van der Waals surface area contributed by atoms with Gasteiger partial charge < -0.3 is 31.5 Å². The molecule has 0 aliphatic carbocycles. The highest BCUT2D eigenvalue weighted by Crippen LogP contribution is 2.19. The minimum Gasteiger partial charge on any atom is -0.508 e. The number of aromatic hydroxyl groups is 1. The molecule has 6 N–H and O–H groups in total. The van der Waals surface area contributed by atoms with Gasteiger partial charge in [-0.15, -0.1) is 0 Å². The largest absolute Gasteiger partial charge is 0.508 e. The van der Waals surface area contributed by atoms with Gasteiger partial charge in [0, 0.05) is 18.7 Å². The Morgan fingerprint density at radius 3 is 2.53 bits per heavy atom. The van der Waals surface area contributed by atoms with Crippen molar-refractivity contribution in [3.05, 3.63) is 64.2 Å². The van der Waals surface area contributed by atoms with Crippen LogP contribution in [-0.4, -0.2) is 59.1 Å². The number of carboxylic acid groups (broad SMARTS) is 1. The second kappa shape index (κ2) is 11.5. The van der Waals surface area contributed by atoms with E-state index in [-0.39, 0.29) is 46.9 Å². The Hall–Kier alpha value is -3.63. The Bertz CT molecular complexity index is 1090. The molecule has 0 bridgehead atoms. The molecule has 34 heavy (non-hydrogen) atoms. The molecule has 2 aromatic carbocycles. The summed E-state index contributed by atoms with van der Waals surface area (Å²) in [4.78, 5) is 48.7. The zero-order valence-corrected chi connectivity index (χ0v) is 18.9. The third kappa shape index (κ3) is 6.69. The zero-order chi connectivity index (χ0) is 24.7. The molecule has 1 aliphatic rings. The fourth-order valence-corrected chi connectivity index (χ4v) is 3.73. The molecule has 0 aromatic heterocycles. The van der Waals surface area contributed by atoms with Crippen molar-refractivity contribution >= 4 is 35.3 Å². The lowest BCUT2D eigenvalue weighted by Gasteiger charge is -2.17. The molecule has 1 saturated heterocycles. The Balaban J connectivity index is 1.58. The van der Waals surface area contributed by atoms with Crippen molar-refractivity contribution in [2.75, 3.05) is 13.1 Å². The average molecular weight is 489 g/mol. The molecule has 11 heteroatoms. The number of amides is 3. The van der Waals surface area contributed by atoms with Gasteiger partial charge in [0.05, 0.1) is 16.6 Å². The zero-order valence-electron chi connectivity index (χ0n) is 18.1. The van der Waals surface area contributed by atoms with Crippen LogP contribution in [0, 0.1) is 0 Å². The van der Waals surface area contributed by atoms with Gasteiger partial charge in [-0.2, -0.15) is 0 Å². The molecule has 3 rings (SSSR count). The Morgan fingerprint density at radius 2 is 1.88 bits per heavy atom. The van der Waals surface area contributed by atoms with E-state index in [9.17, 15) is 29.4 Å². The smallest absolute Gasteiger partial charge is 0.328 e. The lowest BCUT2D eigenvalue weighted by Crippen LogP contribution is -2.51. The highest BCUT2D eigenvalue weighted by molar-refractivity contribution is 6.34. The maximum Gasteiger partial charge on any atom is 0.328 e. The fourth-order valence-electron chi connectivity index (χ4n) is 3.46. The number of aliphatic carboxylic acids is 1. The van der Waals surface area contributed by atoms with Crippen molar-refractivity contribution in [3.8, 4) is 5.75 Å². The summed E-state index contributed by atoms with van der Waals surface area (Å²) >= 11 is 6.18. The van der Waals surface area contributed by atoms with Gasteiger partial charge in [0.2, 0.25) is 5.91 Å². The number of carbonyl (C=O) groups excluding carboxylic acids is 3. The maximum absolute atomic E-state index is 12.6. The van der Waals surface area contributed by atoms with Gasteiger partial charge in [0.15, 0.2) is 0 Å². The second-order valence-corrected chi connectivity index (χ2v) is 8.21. The summed E-state index contributed by atoms with van der Waals surface area (Å²) < 4.78 is 0. The van der Waals surface area contributed by atoms with Crippen LogP contribution in [0.3, 0.4) is 0 Å². The van der Waals surface area contributed by atoms with Crippen molar-refractivity contribution < 1.29 is 29.4 Å². The van der Waals surface area contributed by atoms with Crippen molar-refractivity contribution in [2.24, 2.45) is 0 Å². The van der Waals surface area contributed by atoms with E-state index >= 15 is 0 Å². The first kappa shape index (κ1) is 25.0. The molecule has 180 valence electrons. The molecule has 1 fully saturated rings. The van der Waals surface area contributed by atoms with Crippen LogP contribution >= 0.6 is 11.6 Å². The summed E-state index contributed by atoms with van der Waals surface area (Å²) in [6, 6.07) is 8.72. The predicted molar refractivity (Wildman–Crippen MR) is 124 cm³/mol. The number of hydrogen-bond donors (Lipinski definition) is 6. The van der Waals surface area contributed by atoms with Crippen molar-refractivity contribution in [3.63, 3.8) is 0 Å². The molecule has 1 aliphatic heterocycles. The number of carboxylic acids is 1. The van der Waals surface area contributed by atoms with Gasteiger partial charge in [0.25, 0.3) is 11.8 Å². The maximum atomic E-state index is 12.6. The van der Waals surface area contributed by atoms with Crippen molar-refractivity contribution in [1.82, 2.24) is 21.3 Å². The monoisotopic (exact) mass is 488 g/mol. The first-order valence-corrected chi connectivity index (χ1v) is 11.0. The first-order valence-electron chi connectivity index (χ1n) is 10.6. The molecule has 0 unspecified atom stereocenters. The number of phenols is 1. The summed E-state index contributed by atoms with van der Waals surface area (Å²) in [7, 11) is 0. The molecule has 0 saturated carbocycles. The van der Waals surface area contributed by atoms with Crippen LogP contribution in [0.5, 0.6) is 5.75 Å². The van der Waals surface area contributed by atoms with Gasteiger partial charge >= 0.3 is 5.97 Å². The normalized spacial score (nSPS) is 15.9. The molecule has 3 amide bonds. The van der Waals surface area contributed by atoms with Gasteiger partial charge in [-0.25, -0.2) is 4.79 Å². The van der Waals surface area contributed by atoms with Crippen molar-refractivity contribution in [1.29, 1.82) is 0 Å². The number of carbonyl (C=O) groups is 4. The van der Waals surface area contributed by atoms with Crippen LogP contribution in [0.15, 0.2) is 42.5 Å². The summed E-state index contributed by atoms with van der Waals surface area (Å²) in [5.41, 5.74) is 0.889. The lowest BCUT2D eigenvalue weighted by molar-refractivity contribution is -0.139. The van der Waals surface area contributed by atoms with Gasteiger partial charge in [-0.05, 0) is 55.3 Å². The number of halogens is 1. The number of hydrogen-bond acceptors (Lipinski definition) is 6. The predicted octanol–water partition coefficient (Wildman–Crippen LogP) is 1.03. The second-order valence-electron chi connectivity index (χ2n) is 7.81. The van der Waals surface area contributed by atoms with Crippen LogP contribution < -0.4 is 21.3 Å². The van der Waals surface area contributed by atoms with Gasteiger partial charge in [-0.3, -0.25) is 14.4 Å². The van der Waals surface area contributed by atoms with E-state index in [0.717, 1.165) is 13.0 Å². The van der Waals surface area contributed by atoms with E-state index in [1.165, 1.54) is 30.3 Å². The molecule has 0 radical (unpaired) electrons. The molecular weight excluding hydrogens is 464 g/mol. The Kier molecular flexibility index (Phi) is 8.44. The Labute approximate surface area is 200 Å². The number of benzene rings is 2. The SMILES string of the molecule is O=C(NCc1cccc(O)c1)c1ccc(C(=O)N[C@@H](CNC(=O)[C@H]2CCCN2)C(=O)O)c(Cl)c1. The molecule has 10 nitrogen and oxygen atoms in total. The minimum absolute atomic E-state index is 0.0127. The van der Waals surface area contributed by atoms with Gasteiger partial charge in [-0.1, -0.05) is 23.7 Å². The molecular formula is C23H25ClN4O6. The summed E-state index contributed by atoms with van der Waals surface area (Å²) in [6.07, 6.45) is 1.53. The van der Waals surface area contributed by atoms with E-state index in [4.69, 9.17) is 11.6 Å². The third-order valence-electron chi connectivity index (χ3n) is 5.30. The topological polar surface area (TPSA) is 157 Å². The Morgan fingerprint density at radius 1 is 1.09 bits per heavy atom. The highest BCUT2D eigenvalue weighted by atomic mass is 35.5. The van der Waals surface area contributed by atoms with E-state index in [1.807, 2.05) is 0 Å². The lowest BCUT2D eigenvalue weighted by atomic mass is 10.1. The fraction of sp³-hybridized carbons (Fsp3) is 0.304. The standard InChI is InChI=1S/C23H25ClN4O6/c24-17-10-14(20(30)26-11-13-3-1-4-15(29)9-13)6-7-16(17)21(31)28-19(23(33)34)12-27-22(32)18-5-2-8-25-18/h1,3-4,6-7,9-10,18-19,25,29H,2,5,8,11-12H2,(H,26,30)(H,27,32)(H,28,31)(H,33,34)/t18-,19+/m1/s1. The molecule has 2 atom stereocenters. The van der Waals surface area contributed by atoms with Crippen LogP contribution in [0.1, 0.15) is 39.1 Å². The van der Waals surface area contributed by atoms with Crippen LogP contribution in [0.2, 0.25) is 5.02 Å². The number of rotatable bonds is 9. The van der Waals surface area contributed by atoms with Crippen LogP contribution in [0.25, 0.3) is 0 Å².